The van der Waals surface area contributed by atoms with Gasteiger partial charge >= 0.3 is 5.63 Å². The number of methoxy groups -OCH3 is 1. The minimum absolute atomic E-state index is 0.227. The monoisotopic (exact) mass is 301 g/mol. The molecule has 3 rings (SSSR count). The number of rotatable bonds is 4. The Morgan fingerprint density at radius 1 is 1.32 bits per heavy atom. The Bertz CT molecular complexity index is 744. The van der Waals surface area contributed by atoms with Gasteiger partial charge in [-0.2, -0.15) is 0 Å². The van der Waals surface area contributed by atoms with Crippen LogP contribution in [0.1, 0.15) is 36.0 Å². The van der Waals surface area contributed by atoms with E-state index in [0.29, 0.717) is 34.7 Å². The van der Waals surface area contributed by atoms with Crippen molar-refractivity contribution in [3.05, 3.63) is 40.2 Å². The summed E-state index contributed by atoms with van der Waals surface area (Å²) < 4.78 is 10.3. The van der Waals surface area contributed by atoms with Crippen LogP contribution in [0.5, 0.6) is 5.75 Å². The maximum atomic E-state index is 12.4. The Kier molecular flexibility index (Phi) is 4.13. The highest BCUT2D eigenvalue weighted by atomic mass is 16.5. The summed E-state index contributed by atoms with van der Waals surface area (Å²) in [6.45, 7) is 0.663. The smallest absolute Gasteiger partial charge is 0.337 e. The largest absolute Gasteiger partial charge is 0.497 e. The minimum atomic E-state index is -0.535. The molecule has 116 valence electrons. The van der Waals surface area contributed by atoms with Crippen LogP contribution in [-0.2, 0) is 0 Å². The van der Waals surface area contributed by atoms with Crippen LogP contribution in [-0.4, -0.2) is 19.6 Å². The van der Waals surface area contributed by atoms with Gasteiger partial charge in [-0.05, 0) is 30.9 Å². The first-order chi connectivity index (χ1) is 10.7. The fourth-order valence-corrected chi connectivity index (χ4v) is 3.00. The third-order valence-electron chi connectivity index (χ3n) is 4.22. The summed E-state index contributed by atoms with van der Waals surface area (Å²) in [5, 5.41) is 3.55. The highest BCUT2D eigenvalue weighted by molar-refractivity contribution is 6.05. The Balaban J connectivity index is 1.88. The molecule has 5 heteroatoms. The van der Waals surface area contributed by atoms with Gasteiger partial charge in [0.2, 0.25) is 0 Å². The van der Waals surface area contributed by atoms with Crippen LogP contribution >= 0.6 is 0 Å². The van der Waals surface area contributed by atoms with E-state index in [1.807, 2.05) is 0 Å². The molecule has 1 heterocycles. The molecule has 1 aromatic heterocycles. The Labute approximate surface area is 128 Å². The SMILES string of the molecule is COc1ccc2c(C(=O)NCC3CCCC3)cc(=O)oc2c1. The molecule has 0 saturated heterocycles. The standard InChI is InChI=1S/C17H19NO4/c1-21-12-6-7-13-14(9-16(19)22-15(13)8-12)17(20)18-10-11-4-2-3-5-11/h6-9,11H,2-5,10H2,1H3,(H,18,20). The summed E-state index contributed by atoms with van der Waals surface area (Å²) in [5.74, 6) is 0.907. The zero-order chi connectivity index (χ0) is 15.5. The Hall–Kier alpha value is -2.30. The molecule has 22 heavy (non-hydrogen) atoms. The Morgan fingerprint density at radius 3 is 2.82 bits per heavy atom. The summed E-state index contributed by atoms with van der Waals surface area (Å²) in [4.78, 5) is 24.1. The van der Waals surface area contributed by atoms with Crippen molar-refractivity contribution < 1.29 is 13.9 Å². The molecule has 1 N–H and O–H groups in total. The number of carbonyl (C=O) groups is 1. The molecular weight excluding hydrogens is 282 g/mol. The van der Waals surface area contributed by atoms with Crippen LogP contribution in [0.25, 0.3) is 11.0 Å². The van der Waals surface area contributed by atoms with Gasteiger partial charge in [0.25, 0.3) is 5.91 Å². The molecular formula is C17H19NO4. The van der Waals surface area contributed by atoms with Crippen molar-refractivity contribution in [2.75, 3.05) is 13.7 Å². The fourth-order valence-electron chi connectivity index (χ4n) is 3.00. The van der Waals surface area contributed by atoms with E-state index in [9.17, 15) is 9.59 Å². The number of hydrogen-bond donors (Lipinski definition) is 1. The van der Waals surface area contributed by atoms with E-state index in [1.165, 1.54) is 26.0 Å². The quantitative estimate of drug-likeness (QED) is 0.882. The topological polar surface area (TPSA) is 68.5 Å². The molecule has 0 bridgehead atoms. The maximum Gasteiger partial charge on any atom is 0.337 e. The first kappa shape index (κ1) is 14.6. The van der Waals surface area contributed by atoms with Crippen LogP contribution in [0.2, 0.25) is 0 Å². The molecule has 0 unspecified atom stereocenters. The number of amides is 1. The van der Waals surface area contributed by atoms with Crippen LogP contribution in [0.3, 0.4) is 0 Å². The van der Waals surface area contributed by atoms with Crippen molar-refractivity contribution in [1.82, 2.24) is 5.32 Å². The molecule has 2 aromatic rings. The summed E-state index contributed by atoms with van der Waals surface area (Å²) in [6.07, 6.45) is 4.79. The highest BCUT2D eigenvalue weighted by Crippen LogP contribution is 2.25. The predicted molar refractivity (Wildman–Crippen MR) is 83.3 cm³/mol. The first-order valence-corrected chi connectivity index (χ1v) is 7.57. The fraction of sp³-hybridized carbons (Fsp3) is 0.412. The van der Waals surface area contributed by atoms with Gasteiger partial charge in [0.1, 0.15) is 11.3 Å². The van der Waals surface area contributed by atoms with Crippen molar-refractivity contribution in [3.63, 3.8) is 0 Å². The zero-order valence-electron chi connectivity index (χ0n) is 12.6. The molecule has 0 radical (unpaired) electrons. The number of hydrogen-bond acceptors (Lipinski definition) is 4. The lowest BCUT2D eigenvalue weighted by molar-refractivity contribution is 0.0948. The van der Waals surface area contributed by atoms with Gasteiger partial charge in [0, 0.05) is 24.1 Å². The lowest BCUT2D eigenvalue weighted by Crippen LogP contribution is -2.29. The van der Waals surface area contributed by atoms with Gasteiger partial charge in [-0.15, -0.1) is 0 Å². The molecule has 1 aliphatic rings. The summed E-state index contributed by atoms with van der Waals surface area (Å²) in [5.41, 5.74) is 0.177. The van der Waals surface area contributed by atoms with E-state index in [-0.39, 0.29) is 5.91 Å². The zero-order valence-corrected chi connectivity index (χ0v) is 12.6. The number of ether oxygens (including phenoxy) is 1. The van der Waals surface area contributed by atoms with Gasteiger partial charge in [0.05, 0.1) is 12.7 Å². The van der Waals surface area contributed by atoms with Gasteiger partial charge in [-0.25, -0.2) is 4.79 Å². The second-order valence-corrected chi connectivity index (χ2v) is 5.70. The van der Waals surface area contributed by atoms with Crippen molar-refractivity contribution in [2.45, 2.75) is 25.7 Å². The van der Waals surface area contributed by atoms with Crippen LogP contribution in [0.4, 0.5) is 0 Å². The lowest BCUT2D eigenvalue weighted by Gasteiger charge is -2.11. The van der Waals surface area contributed by atoms with E-state index in [2.05, 4.69) is 5.32 Å². The second-order valence-electron chi connectivity index (χ2n) is 5.70. The van der Waals surface area contributed by atoms with Crippen molar-refractivity contribution in [3.8, 4) is 5.75 Å². The minimum Gasteiger partial charge on any atom is -0.497 e. The van der Waals surface area contributed by atoms with Gasteiger partial charge in [0.15, 0.2) is 0 Å². The van der Waals surface area contributed by atoms with E-state index < -0.39 is 5.63 Å². The van der Waals surface area contributed by atoms with E-state index in [1.54, 1.807) is 18.2 Å². The van der Waals surface area contributed by atoms with Gasteiger partial charge in [-0.1, -0.05) is 12.8 Å². The summed E-state index contributed by atoms with van der Waals surface area (Å²) in [6, 6.07) is 6.35. The molecule has 1 saturated carbocycles. The number of carbonyl (C=O) groups excluding carboxylic acids is 1. The van der Waals surface area contributed by atoms with Crippen LogP contribution < -0.4 is 15.7 Å². The van der Waals surface area contributed by atoms with E-state index >= 15 is 0 Å². The lowest BCUT2D eigenvalue weighted by atomic mass is 10.1. The molecule has 1 aromatic carbocycles. The molecule has 0 aliphatic heterocycles. The predicted octanol–water partition coefficient (Wildman–Crippen LogP) is 2.72. The first-order valence-electron chi connectivity index (χ1n) is 7.57. The van der Waals surface area contributed by atoms with Crippen molar-refractivity contribution >= 4 is 16.9 Å². The average Bonchev–Trinajstić information content (AvgIpc) is 3.04. The number of fused-ring (bicyclic) bond motifs is 1. The molecule has 0 spiro atoms. The summed E-state index contributed by atoms with van der Waals surface area (Å²) >= 11 is 0. The van der Waals surface area contributed by atoms with Crippen molar-refractivity contribution in [1.29, 1.82) is 0 Å². The maximum absolute atomic E-state index is 12.4. The van der Waals surface area contributed by atoms with E-state index in [0.717, 1.165) is 12.8 Å². The van der Waals surface area contributed by atoms with Gasteiger partial charge < -0.3 is 14.5 Å². The van der Waals surface area contributed by atoms with Crippen molar-refractivity contribution in [2.24, 2.45) is 5.92 Å². The number of nitrogens with one attached hydrogen (secondary N) is 1. The summed E-state index contributed by atoms with van der Waals surface area (Å²) in [7, 11) is 1.54. The third-order valence-corrected chi connectivity index (χ3v) is 4.22. The molecule has 0 atom stereocenters. The highest BCUT2D eigenvalue weighted by Gasteiger charge is 2.18. The van der Waals surface area contributed by atoms with Crippen LogP contribution in [0.15, 0.2) is 33.5 Å². The molecule has 1 aliphatic carbocycles. The number of benzene rings is 1. The van der Waals surface area contributed by atoms with Crippen LogP contribution in [0, 0.1) is 5.92 Å². The average molecular weight is 301 g/mol. The van der Waals surface area contributed by atoms with E-state index in [4.69, 9.17) is 9.15 Å². The normalized spacial score (nSPS) is 15.1. The Morgan fingerprint density at radius 2 is 2.09 bits per heavy atom. The third kappa shape index (κ3) is 2.98. The molecule has 5 nitrogen and oxygen atoms in total. The van der Waals surface area contributed by atoms with Gasteiger partial charge in [-0.3, -0.25) is 4.79 Å². The molecule has 1 fully saturated rings. The second kappa shape index (κ2) is 6.22. The molecule has 1 amide bonds.